The van der Waals surface area contributed by atoms with Crippen molar-refractivity contribution in [3.05, 3.63) is 65.5 Å². The minimum absolute atomic E-state index is 0.0573. The molecule has 10 heteroatoms. The molecule has 34 heavy (non-hydrogen) atoms. The van der Waals surface area contributed by atoms with Crippen LogP contribution in [-0.2, 0) is 26.2 Å². The predicted octanol–water partition coefficient (Wildman–Crippen LogP) is 2.69. The lowest BCUT2D eigenvalue weighted by atomic mass is 10.1. The fourth-order valence-electron chi connectivity index (χ4n) is 3.72. The number of carbonyl (C=O) groups excluding carboxylic acids is 3. The molecule has 0 radical (unpaired) electrons. The minimum Gasteiger partial charge on any atom is -0.354 e. The predicted molar refractivity (Wildman–Crippen MR) is 124 cm³/mol. The number of amides is 3. The van der Waals surface area contributed by atoms with Crippen molar-refractivity contribution in [2.24, 2.45) is 0 Å². The van der Waals surface area contributed by atoms with Gasteiger partial charge in [0.1, 0.15) is 16.8 Å². The van der Waals surface area contributed by atoms with E-state index in [-0.39, 0.29) is 35.5 Å². The summed E-state index contributed by atoms with van der Waals surface area (Å²) in [7, 11) is -4.06. The van der Waals surface area contributed by atoms with E-state index in [9.17, 15) is 27.2 Å². The Kier molecular flexibility index (Phi) is 8.03. The van der Waals surface area contributed by atoms with Gasteiger partial charge in [-0.05, 0) is 31.5 Å². The molecule has 8 nitrogen and oxygen atoms in total. The first kappa shape index (κ1) is 25.4. The molecule has 1 heterocycles. The molecule has 2 aromatic rings. The standard InChI is InChI=1S/C24H28FN3O5S/c1-3-4-14-26-23(30)17(2)27(16-18-9-5-7-11-20(18)25)22(29)13-15-28-24(31)19-10-6-8-12-21(19)34(28,32)33/h5-12,17H,3-4,13-16H2,1-2H3,(H,26,30)/t17-/m1/s1. The minimum atomic E-state index is -4.06. The van der Waals surface area contributed by atoms with Crippen LogP contribution in [0.5, 0.6) is 0 Å². The van der Waals surface area contributed by atoms with E-state index < -0.39 is 39.6 Å². The topological polar surface area (TPSA) is 104 Å². The molecule has 0 saturated heterocycles. The van der Waals surface area contributed by atoms with E-state index in [0.717, 1.165) is 12.8 Å². The maximum atomic E-state index is 14.3. The molecule has 3 rings (SSSR count). The Morgan fingerprint density at radius 3 is 2.47 bits per heavy atom. The van der Waals surface area contributed by atoms with Gasteiger partial charge >= 0.3 is 0 Å². The van der Waals surface area contributed by atoms with Crippen LogP contribution in [0.25, 0.3) is 0 Å². The summed E-state index contributed by atoms with van der Waals surface area (Å²) in [6.45, 7) is 3.41. The van der Waals surface area contributed by atoms with Gasteiger partial charge in [0.15, 0.2) is 0 Å². The second-order valence-electron chi connectivity index (χ2n) is 8.06. The fourth-order valence-corrected chi connectivity index (χ4v) is 5.29. The van der Waals surface area contributed by atoms with Gasteiger partial charge in [0.25, 0.3) is 15.9 Å². The van der Waals surface area contributed by atoms with Gasteiger partial charge in [0.05, 0.1) is 5.56 Å². The summed E-state index contributed by atoms with van der Waals surface area (Å²) < 4.78 is 40.5. The van der Waals surface area contributed by atoms with Gasteiger partial charge in [0, 0.05) is 31.6 Å². The number of benzene rings is 2. The van der Waals surface area contributed by atoms with Crippen molar-refractivity contribution in [2.45, 2.75) is 50.6 Å². The Morgan fingerprint density at radius 2 is 1.79 bits per heavy atom. The lowest BCUT2D eigenvalue weighted by Gasteiger charge is -2.29. The highest BCUT2D eigenvalue weighted by Crippen LogP contribution is 2.30. The van der Waals surface area contributed by atoms with Crippen LogP contribution in [0, 0.1) is 5.82 Å². The smallest absolute Gasteiger partial charge is 0.269 e. The molecule has 0 bridgehead atoms. The second kappa shape index (κ2) is 10.8. The SMILES string of the molecule is CCCCNC(=O)[C@@H](C)N(Cc1ccccc1F)C(=O)CCN1C(=O)c2ccccc2S1(=O)=O. The van der Waals surface area contributed by atoms with Crippen LogP contribution in [-0.4, -0.2) is 54.5 Å². The summed E-state index contributed by atoms with van der Waals surface area (Å²) in [6.07, 6.45) is 1.31. The Morgan fingerprint density at radius 1 is 1.12 bits per heavy atom. The Bertz CT molecular complexity index is 1180. The first-order chi connectivity index (χ1) is 16.2. The molecule has 0 unspecified atom stereocenters. The van der Waals surface area contributed by atoms with Crippen LogP contribution in [0.4, 0.5) is 4.39 Å². The van der Waals surface area contributed by atoms with Gasteiger partial charge in [-0.25, -0.2) is 17.1 Å². The number of nitrogens with one attached hydrogen (secondary N) is 1. The third-order valence-corrected chi connectivity index (χ3v) is 7.58. The Hall–Kier alpha value is -3.27. The highest BCUT2D eigenvalue weighted by molar-refractivity contribution is 7.90. The van der Waals surface area contributed by atoms with Crippen LogP contribution < -0.4 is 5.32 Å². The number of sulfonamides is 1. The molecule has 182 valence electrons. The van der Waals surface area contributed by atoms with Crippen molar-refractivity contribution in [1.82, 2.24) is 14.5 Å². The number of halogens is 1. The van der Waals surface area contributed by atoms with E-state index in [4.69, 9.17) is 0 Å². The molecule has 1 aliphatic heterocycles. The van der Waals surface area contributed by atoms with Gasteiger partial charge in [-0.1, -0.05) is 43.7 Å². The van der Waals surface area contributed by atoms with Gasteiger partial charge in [0.2, 0.25) is 11.8 Å². The molecule has 3 amide bonds. The van der Waals surface area contributed by atoms with Crippen LogP contribution >= 0.6 is 0 Å². The summed E-state index contributed by atoms with van der Waals surface area (Å²) >= 11 is 0. The highest BCUT2D eigenvalue weighted by Gasteiger charge is 2.41. The highest BCUT2D eigenvalue weighted by atomic mass is 32.2. The molecule has 0 aliphatic carbocycles. The third kappa shape index (κ3) is 5.27. The number of unbranched alkanes of at least 4 members (excludes halogenated alkanes) is 1. The average Bonchev–Trinajstić information content (AvgIpc) is 3.01. The molecule has 1 N–H and O–H groups in total. The average molecular weight is 490 g/mol. The maximum Gasteiger partial charge on any atom is 0.269 e. The second-order valence-corrected chi connectivity index (χ2v) is 9.89. The molecule has 1 atom stereocenters. The van der Waals surface area contributed by atoms with Gasteiger partial charge in [-0.2, -0.15) is 0 Å². The zero-order chi connectivity index (χ0) is 24.9. The van der Waals surface area contributed by atoms with Crippen LogP contribution in [0.15, 0.2) is 53.4 Å². The van der Waals surface area contributed by atoms with Crippen molar-refractivity contribution in [2.75, 3.05) is 13.1 Å². The lowest BCUT2D eigenvalue weighted by molar-refractivity contribution is -0.140. The summed E-state index contributed by atoms with van der Waals surface area (Å²) in [5.74, 6) is -2.18. The molecular weight excluding hydrogens is 461 g/mol. The van der Waals surface area contributed by atoms with Crippen LogP contribution in [0.2, 0.25) is 0 Å². The molecule has 0 spiro atoms. The molecule has 1 aliphatic rings. The van der Waals surface area contributed by atoms with E-state index in [1.807, 2.05) is 6.92 Å². The monoisotopic (exact) mass is 489 g/mol. The number of hydrogen-bond acceptors (Lipinski definition) is 5. The Labute approximate surface area is 198 Å². The van der Waals surface area contributed by atoms with Crippen molar-refractivity contribution >= 4 is 27.7 Å². The van der Waals surface area contributed by atoms with Crippen molar-refractivity contribution in [1.29, 1.82) is 0 Å². The van der Waals surface area contributed by atoms with E-state index in [0.29, 0.717) is 10.8 Å². The molecular formula is C24H28FN3O5S. The summed E-state index contributed by atoms with van der Waals surface area (Å²) in [5, 5.41) is 2.76. The summed E-state index contributed by atoms with van der Waals surface area (Å²) in [4.78, 5) is 39.6. The zero-order valence-electron chi connectivity index (χ0n) is 19.2. The number of nitrogens with zero attached hydrogens (tertiary/aromatic N) is 2. The summed E-state index contributed by atoms with van der Waals surface area (Å²) in [5.41, 5.74) is 0.281. The number of hydrogen-bond donors (Lipinski definition) is 1. The Balaban J connectivity index is 1.78. The van der Waals surface area contributed by atoms with Gasteiger partial charge in [-0.3, -0.25) is 14.4 Å². The fraction of sp³-hybridized carbons (Fsp3) is 0.375. The van der Waals surface area contributed by atoms with E-state index in [1.54, 1.807) is 12.1 Å². The number of rotatable bonds is 10. The first-order valence-corrected chi connectivity index (χ1v) is 12.6. The van der Waals surface area contributed by atoms with E-state index >= 15 is 0 Å². The molecule has 2 aromatic carbocycles. The zero-order valence-corrected chi connectivity index (χ0v) is 20.0. The number of carbonyl (C=O) groups is 3. The van der Waals surface area contributed by atoms with E-state index in [2.05, 4.69) is 5.32 Å². The van der Waals surface area contributed by atoms with Crippen molar-refractivity contribution < 1.29 is 27.2 Å². The van der Waals surface area contributed by atoms with Crippen molar-refractivity contribution in [3.63, 3.8) is 0 Å². The molecule has 0 fully saturated rings. The normalized spacial score (nSPS) is 15.0. The number of fused-ring (bicyclic) bond motifs is 1. The first-order valence-electron chi connectivity index (χ1n) is 11.1. The maximum absolute atomic E-state index is 14.3. The quantitative estimate of drug-likeness (QED) is 0.517. The third-order valence-electron chi connectivity index (χ3n) is 5.74. The van der Waals surface area contributed by atoms with Crippen LogP contribution in [0.3, 0.4) is 0 Å². The lowest BCUT2D eigenvalue weighted by Crippen LogP contribution is -2.48. The largest absolute Gasteiger partial charge is 0.354 e. The summed E-state index contributed by atoms with van der Waals surface area (Å²) in [6, 6.07) is 10.9. The van der Waals surface area contributed by atoms with Gasteiger partial charge < -0.3 is 10.2 Å². The van der Waals surface area contributed by atoms with Crippen LogP contribution in [0.1, 0.15) is 49.0 Å². The van der Waals surface area contributed by atoms with Gasteiger partial charge in [-0.15, -0.1) is 0 Å². The molecule has 0 aromatic heterocycles. The van der Waals surface area contributed by atoms with E-state index in [1.165, 1.54) is 48.2 Å². The van der Waals surface area contributed by atoms with Crippen molar-refractivity contribution in [3.8, 4) is 0 Å². The molecule has 0 saturated carbocycles.